The Bertz CT molecular complexity index is 718. The lowest BCUT2D eigenvalue weighted by atomic mass is 9.75. The Labute approximate surface area is 175 Å². The van der Waals surface area contributed by atoms with E-state index in [-0.39, 0.29) is 5.92 Å². The number of hydrogen-bond acceptors (Lipinski definition) is 4. The first-order chi connectivity index (χ1) is 14.1. The number of benzene rings is 1. The normalized spacial score (nSPS) is 28.6. The van der Waals surface area contributed by atoms with Gasteiger partial charge in [-0.1, -0.05) is 42.3 Å². The van der Waals surface area contributed by atoms with E-state index in [1.807, 2.05) is 6.92 Å². The maximum atomic E-state index is 11.2. The molecule has 1 saturated heterocycles. The zero-order valence-electron chi connectivity index (χ0n) is 17.8. The molecule has 29 heavy (non-hydrogen) atoms. The van der Waals surface area contributed by atoms with Crippen molar-refractivity contribution in [2.75, 3.05) is 19.7 Å². The molecule has 1 aromatic carbocycles. The maximum Gasteiger partial charge on any atom is 0.183 e. The van der Waals surface area contributed by atoms with Crippen molar-refractivity contribution < 1.29 is 9.84 Å². The fourth-order valence-corrected chi connectivity index (χ4v) is 5.12. The maximum absolute atomic E-state index is 11.2. The lowest BCUT2D eigenvalue weighted by Crippen LogP contribution is -2.43. The first-order valence-electron chi connectivity index (χ1n) is 11.5. The Kier molecular flexibility index (Phi) is 6.41. The minimum absolute atomic E-state index is 0.157. The molecule has 4 rings (SSSR count). The minimum atomic E-state index is -0.761. The predicted molar refractivity (Wildman–Crippen MR) is 118 cm³/mol. The highest BCUT2D eigenvalue weighted by Crippen LogP contribution is 2.40. The van der Waals surface area contributed by atoms with Crippen LogP contribution < -0.4 is 0 Å². The number of piperidine rings is 1. The summed E-state index contributed by atoms with van der Waals surface area (Å²) in [5, 5.41) is 19.2. The van der Waals surface area contributed by atoms with Crippen LogP contribution in [0.2, 0.25) is 0 Å². The number of hydrogen-bond donors (Lipinski definition) is 2. The Morgan fingerprint density at radius 3 is 2.34 bits per heavy atom. The number of nitrogens with zero attached hydrogens (tertiary/aromatic N) is 1. The monoisotopic (exact) mass is 396 g/mol. The van der Waals surface area contributed by atoms with Crippen LogP contribution in [-0.2, 0) is 10.3 Å². The molecule has 0 bridgehead atoms. The third-order valence-electron chi connectivity index (χ3n) is 7.33. The Hall–Kier alpha value is -1.65. The Morgan fingerprint density at radius 1 is 1.14 bits per heavy atom. The van der Waals surface area contributed by atoms with Crippen molar-refractivity contribution >= 4 is 12.0 Å². The molecule has 2 saturated carbocycles. The van der Waals surface area contributed by atoms with E-state index in [0.717, 1.165) is 24.4 Å². The van der Waals surface area contributed by atoms with Gasteiger partial charge in [-0.25, -0.2) is 0 Å². The number of nitrogens with one attached hydrogen (secondary N) is 1. The Balaban J connectivity index is 1.33. The van der Waals surface area contributed by atoms with Crippen LogP contribution in [0, 0.1) is 11.3 Å². The second-order valence-electron chi connectivity index (χ2n) is 9.15. The van der Waals surface area contributed by atoms with Crippen molar-refractivity contribution in [1.82, 2.24) is 4.90 Å². The molecule has 1 aliphatic heterocycles. The molecule has 2 N–H and O–H groups in total. The van der Waals surface area contributed by atoms with Gasteiger partial charge >= 0.3 is 0 Å². The number of likely N-dealkylation sites (tertiary alicyclic amines) is 1. The van der Waals surface area contributed by atoms with E-state index in [4.69, 9.17) is 10.1 Å². The second kappa shape index (κ2) is 9.01. The van der Waals surface area contributed by atoms with Gasteiger partial charge in [-0.3, -0.25) is 10.3 Å². The number of ether oxygens (including phenoxy) is 1. The largest absolute Gasteiger partial charge is 0.481 e. The third-order valence-corrected chi connectivity index (χ3v) is 7.33. The highest BCUT2D eigenvalue weighted by molar-refractivity contribution is 5.75. The standard InChI is InChI=1S/C25H36N2O2/c1-2-29-24(26)21-10-14-25(28,15-11-21)22-8-6-19(7-9-22)18-20-12-16-27(17-13-20)23-4-3-5-23/h6-9,18,21,23,26,28H,2-5,10-17H2,1H3. The van der Waals surface area contributed by atoms with Crippen molar-refractivity contribution in [3.63, 3.8) is 0 Å². The van der Waals surface area contributed by atoms with Crippen LogP contribution in [-0.4, -0.2) is 41.6 Å². The van der Waals surface area contributed by atoms with Crippen LogP contribution in [0.4, 0.5) is 0 Å². The van der Waals surface area contributed by atoms with Gasteiger partial charge in [0, 0.05) is 25.0 Å². The molecule has 0 unspecified atom stereocenters. The van der Waals surface area contributed by atoms with Crippen LogP contribution in [0.5, 0.6) is 0 Å². The van der Waals surface area contributed by atoms with Gasteiger partial charge in [0.15, 0.2) is 5.90 Å². The van der Waals surface area contributed by atoms with Crippen molar-refractivity contribution in [3.05, 3.63) is 41.0 Å². The third kappa shape index (κ3) is 4.75. The molecule has 0 aromatic heterocycles. The molecule has 1 heterocycles. The van der Waals surface area contributed by atoms with E-state index in [1.165, 1.54) is 50.8 Å². The lowest BCUT2D eigenvalue weighted by Gasteiger charge is -2.40. The first-order valence-corrected chi connectivity index (χ1v) is 11.5. The quantitative estimate of drug-likeness (QED) is 0.537. The van der Waals surface area contributed by atoms with Gasteiger partial charge in [0.25, 0.3) is 0 Å². The van der Waals surface area contributed by atoms with Crippen molar-refractivity contribution in [3.8, 4) is 0 Å². The minimum Gasteiger partial charge on any atom is -0.481 e. The molecule has 1 aromatic rings. The molecule has 158 valence electrons. The molecular formula is C25H36N2O2. The molecular weight excluding hydrogens is 360 g/mol. The van der Waals surface area contributed by atoms with Crippen molar-refractivity contribution in [2.45, 2.75) is 76.4 Å². The van der Waals surface area contributed by atoms with E-state index < -0.39 is 5.60 Å². The molecule has 0 spiro atoms. The fraction of sp³-hybridized carbons (Fsp3) is 0.640. The summed E-state index contributed by atoms with van der Waals surface area (Å²) >= 11 is 0. The average molecular weight is 397 g/mol. The smallest absolute Gasteiger partial charge is 0.183 e. The predicted octanol–water partition coefficient (Wildman–Crippen LogP) is 5.11. The Morgan fingerprint density at radius 2 is 1.79 bits per heavy atom. The van der Waals surface area contributed by atoms with Gasteiger partial charge in [0.1, 0.15) is 0 Å². The van der Waals surface area contributed by atoms with E-state index in [2.05, 4.69) is 35.2 Å². The van der Waals surface area contributed by atoms with Gasteiger partial charge in [-0.05, 0) is 69.4 Å². The van der Waals surface area contributed by atoms with Gasteiger partial charge < -0.3 is 9.84 Å². The molecule has 3 aliphatic rings. The zero-order chi connectivity index (χ0) is 20.3. The van der Waals surface area contributed by atoms with Crippen molar-refractivity contribution in [2.24, 2.45) is 5.92 Å². The molecule has 0 atom stereocenters. The summed E-state index contributed by atoms with van der Waals surface area (Å²) in [5.74, 6) is 0.546. The van der Waals surface area contributed by atoms with Crippen LogP contribution in [0.15, 0.2) is 29.8 Å². The second-order valence-corrected chi connectivity index (χ2v) is 9.15. The van der Waals surface area contributed by atoms with Crippen LogP contribution in [0.3, 0.4) is 0 Å². The molecule has 2 aliphatic carbocycles. The average Bonchev–Trinajstić information content (AvgIpc) is 2.69. The molecule has 0 amide bonds. The van der Waals surface area contributed by atoms with Gasteiger partial charge in [0.2, 0.25) is 0 Å². The summed E-state index contributed by atoms with van der Waals surface area (Å²) in [5.41, 5.74) is 3.06. The van der Waals surface area contributed by atoms with E-state index in [0.29, 0.717) is 25.3 Å². The van der Waals surface area contributed by atoms with E-state index in [1.54, 1.807) is 5.57 Å². The van der Waals surface area contributed by atoms with E-state index >= 15 is 0 Å². The summed E-state index contributed by atoms with van der Waals surface area (Å²) < 4.78 is 5.36. The molecule has 3 fully saturated rings. The van der Waals surface area contributed by atoms with Gasteiger partial charge in [-0.2, -0.15) is 0 Å². The number of rotatable bonds is 5. The van der Waals surface area contributed by atoms with Crippen LogP contribution >= 0.6 is 0 Å². The topological polar surface area (TPSA) is 56.6 Å². The SMILES string of the molecule is CCOC(=N)C1CCC(O)(c2ccc(C=C3CCN(C4CCC4)CC3)cc2)CC1. The summed E-state index contributed by atoms with van der Waals surface area (Å²) in [4.78, 5) is 2.68. The lowest BCUT2D eigenvalue weighted by molar-refractivity contribution is -0.00910. The van der Waals surface area contributed by atoms with Gasteiger partial charge in [-0.15, -0.1) is 0 Å². The number of aliphatic hydroxyl groups is 1. The molecule has 0 radical (unpaired) electrons. The summed E-state index contributed by atoms with van der Waals surface area (Å²) in [6, 6.07) is 9.39. The van der Waals surface area contributed by atoms with Crippen molar-refractivity contribution in [1.29, 1.82) is 5.41 Å². The highest BCUT2D eigenvalue weighted by atomic mass is 16.5. The fourth-order valence-electron chi connectivity index (χ4n) is 5.12. The van der Waals surface area contributed by atoms with E-state index in [9.17, 15) is 5.11 Å². The van der Waals surface area contributed by atoms with Gasteiger partial charge in [0.05, 0.1) is 12.2 Å². The van der Waals surface area contributed by atoms with Crippen LogP contribution in [0.1, 0.15) is 75.8 Å². The zero-order valence-corrected chi connectivity index (χ0v) is 17.8. The summed E-state index contributed by atoms with van der Waals surface area (Å²) in [6.45, 7) is 4.90. The molecule has 4 heteroatoms. The summed E-state index contributed by atoms with van der Waals surface area (Å²) in [7, 11) is 0. The summed E-state index contributed by atoms with van der Waals surface area (Å²) in [6.07, 6.45) is 12.0. The first kappa shape index (κ1) is 20.6. The highest BCUT2D eigenvalue weighted by Gasteiger charge is 2.36. The molecule has 4 nitrogen and oxygen atoms in total. The van der Waals surface area contributed by atoms with Crippen LogP contribution in [0.25, 0.3) is 6.08 Å².